The number of para-hydroxylation sites is 1. The molecule has 7 rings (SSSR count). The van der Waals surface area contributed by atoms with E-state index in [2.05, 4.69) is 127 Å². The third-order valence-corrected chi connectivity index (χ3v) is 9.56. The molecule has 0 saturated carbocycles. The van der Waals surface area contributed by atoms with E-state index in [1.165, 1.54) is 27.4 Å². The SMILES string of the molecule is C=CC.C=CC1Cc2c(ccc3c2c2ccccc2n3-c2cc(C/C(C#N)=C(C)\C=C/C)cc(-c3cccc(-c4ccccc4)n3)c2)C1C=C.CC. The van der Waals surface area contributed by atoms with E-state index in [0.717, 1.165) is 56.8 Å². The zero-order chi connectivity index (χ0) is 37.2. The summed E-state index contributed by atoms with van der Waals surface area (Å²) in [5, 5.41) is 12.7. The number of nitrogens with zero attached hydrogens (tertiary/aromatic N) is 3. The van der Waals surface area contributed by atoms with E-state index in [4.69, 9.17) is 4.98 Å². The molecular formula is C49H49N3. The lowest BCUT2D eigenvalue weighted by atomic mass is 9.93. The van der Waals surface area contributed by atoms with Crippen molar-refractivity contribution in [1.29, 1.82) is 5.26 Å². The van der Waals surface area contributed by atoms with Crippen LogP contribution in [0.15, 0.2) is 164 Å². The molecular weight excluding hydrogens is 631 g/mol. The van der Waals surface area contributed by atoms with Gasteiger partial charge in [-0.25, -0.2) is 4.98 Å². The van der Waals surface area contributed by atoms with Crippen molar-refractivity contribution in [3.8, 4) is 34.3 Å². The second-order valence-electron chi connectivity index (χ2n) is 12.8. The molecule has 4 aromatic carbocycles. The Morgan fingerprint density at radius 1 is 0.827 bits per heavy atom. The number of nitriles is 1. The number of allylic oxidation sites excluding steroid dienone is 7. The van der Waals surface area contributed by atoms with Crippen molar-refractivity contribution in [1.82, 2.24) is 9.55 Å². The highest BCUT2D eigenvalue weighted by Gasteiger charge is 2.31. The first-order chi connectivity index (χ1) is 25.5. The number of hydrogen-bond acceptors (Lipinski definition) is 2. The highest BCUT2D eigenvalue weighted by molar-refractivity contribution is 6.11. The Hall–Kier alpha value is -5.98. The number of fused-ring (bicyclic) bond motifs is 5. The van der Waals surface area contributed by atoms with Gasteiger partial charge < -0.3 is 4.57 Å². The molecule has 1 aliphatic carbocycles. The molecule has 3 heteroatoms. The summed E-state index contributed by atoms with van der Waals surface area (Å²) in [4.78, 5) is 5.13. The van der Waals surface area contributed by atoms with Crippen LogP contribution in [-0.4, -0.2) is 9.55 Å². The fourth-order valence-electron chi connectivity index (χ4n) is 7.32. The van der Waals surface area contributed by atoms with Gasteiger partial charge in [0.1, 0.15) is 0 Å². The van der Waals surface area contributed by atoms with Gasteiger partial charge in [-0.15, -0.1) is 19.7 Å². The Morgan fingerprint density at radius 3 is 2.19 bits per heavy atom. The molecule has 2 heterocycles. The van der Waals surface area contributed by atoms with Crippen LogP contribution in [0.4, 0.5) is 0 Å². The lowest BCUT2D eigenvalue weighted by Gasteiger charge is -2.15. The second-order valence-corrected chi connectivity index (χ2v) is 12.8. The van der Waals surface area contributed by atoms with E-state index in [1.807, 2.05) is 65.0 Å². The normalized spacial score (nSPS) is 15.1. The molecule has 2 unspecified atom stereocenters. The zero-order valence-electron chi connectivity index (χ0n) is 31.2. The first-order valence-corrected chi connectivity index (χ1v) is 18.2. The van der Waals surface area contributed by atoms with Crippen molar-refractivity contribution in [3.05, 3.63) is 181 Å². The van der Waals surface area contributed by atoms with Crippen molar-refractivity contribution in [2.45, 2.75) is 53.4 Å². The maximum atomic E-state index is 10.2. The number of pyridine rings is 1. The van der Waals surface area contributed by atoms with Crippen LogP contribution in [-0.2, 0) is 12.8 Å². The van der Waals surface area contributed by atoms with E-state index >= 15 is 0 Å². The average molecular weight is 680 g/mol. The van der Waals surface area contributed by atoms with Gasteiger partial charge >= 0.3 is 0 Å². The van der Waals surface area contributed by atoms with Gasteiger partial charge in [0.05, 0.1) is 28.5 Å². The second kappa shape index (κ2) is 17.3. The van der Waals surface area contributed by atoms with Crippen molar-refractivity contribution in [2.75, 3.05) is 0 Å². The number of benzene rings is 4. The van der Waals surface area contributed by atoms with Gasteiger partial charge in [-0.1, -0.05) is 105 Å². The molecule has 1 aliphatic rings. The molecule has 0 amide bonds. The summed E-state index contributed by atoms with van der Waals surface area (Å²) >= 11 is 0. The number of rotatable bonds is 8. The van der Waals surface area contributed by atoms with E-state index in [-0.39, 0.29) is 5.92 Å². The highest BCUT2D eigenvalue weighted by atomic mass is 15.0. The molecule has 0 radical (unpaired) electrons. The largest absolute Gasteiger partial charge is 0.309 e. The predicted molar refractivity (Wildman–Crippen MR) is 224 cm³/mol. The quantitative estimate of drug-likeness (QED) is 0.0913. The smallest absolute Gasteiger partial charge is 0.0953 e. The minimum absolute atomic E-state index is 0.267. The summed E-state index contributed by atoms with van der Waals surface area (Å²) in [6.07, 6.45) is 11.4. The van der Waals surface area contributed by atoms with Gasteiger partial charge in [-0.2, -0.15) is 5.26 Å². The monoisotopic (exact) mass is 679 g/mol. The third kappa shape index (κ3) is 7.39. The topological polar surface area (TPSA) is 41.6 Å². The van der Waals surface area contributed by atoms with Crippen LogP contribution in [0.25, 0.3) is 50.0 Å². The summed E-state index contributed by atoms with van der Waals surface area (Å²) in [6.45, 7) is 21.6. The first-order valence-electron chi connectivity index (χ1n) is 18.2. The van der Waals surface area contributed by atoms with Crippen molar-refractivity contribution in [2.24, 2.45) is 5.92 Å². The van der Waals surface area contributed by atoms with Crippen LogP contribution >= 0.6 is 0 Å². The van der Waals surface area contributed by atoms with Gasteiger partial charge in [-0.05, 0) is 97.8 Å². The number of hydrogen-bond donors (Lipinski definition) is 0. The molecule has 0 spiro atoms. The van der Waals surface area contributed by atoms with E-state index in [1.54, 1.807) is 6.08 Å². The fraction of sp³-hybridized carbons (Fsp3) is 0.184. The summed E-state index contributed by atoms with van der Waals surface area (Å²) in [7, 11) is 0. The van der Waals surface area contributed by atoms with E-state index < -0.39 is 0 Å². The predicted octanol–water partition coefficient (Wildman–Crippen LogP) is 13.3. The standard InChI is InChI=1S/C44H37N3.C3H6.C2H6/c1-5-14-29(4)34(28-45)24-30-23-33(41-19-13-18-40(46-41)32-15-9-8-10-16-32)26-35(25-30)47-42-20-12-11-17-38(42)44-39-27-31(6-2)36(7-3)37(39)21-22-43(44)47;1-3-2;1-2/h5-23,25-26,31,36H,2-3,24,27H2,1,4H3;3H,1H2,2H3;1-2H3/b14-5-,34-29+;;. The van der Waals surface area contributed by atoms with Gasteiger partial charge in [0.15, 0.2) is 0 Å². The summed E-state index contributed by atoms with van der Waals surface area (Å²) in [5.74, 6) is 0.605. The molecule has 260 valence electrons. The Bertz CT molecular complexity index is 2320. The summed E-state index contributed by atoms with van der Waals surface area (Å²) in [5.41, 5.74) is 12.8. The Morgan fingerprint density at radius 2 is 1.52 bits per heavy atom. The highest BCUT2D eigenvalue weighted by Crippen LogP contribution is 2.46. The minimum atomic E-state index is 0.267. The summed E-state index contributed by atoms with van der Waals surface area (Å²) < 4.78 is 2.39. The Labute approximate surface area is 310 Å². The van der Waals surface area contributed by atoms with Gasteiger partial charge in [0, 0.05) is 45.5 Å². The first kappa shape index (κ1) is 37.3. The minimum Gasteiger partial charge on any atom is -0.309 e. The molecule has 6 aromatic rings. The Kier molecular flexibility index (Phi) is 12.4. The van der Waals surface area contributed by atoms with Gasteiger partial charge in [-0.3, -0.25) is 0 Å². The molecule has 2 aromatic heterocycles. The summed E-state index contributed by atoms with van der Waals surface area (Å²) in [6, 6.07) is 38.9. The maximum Gasteiger partial charge on any atom is 0.0953 e. The lowest BCUT2D eigenvalue weighted by Crippen LogP contribution is -2.00. The van der Waals surface area contributed by atoms with Crippen LogP contribution in [0.1, 0.15) is 57.2 Å². The molecule has 2 atom stereocenters. The average Bonchev–Trinajstić information content (AvgIpc) is 3.73. The van der Waals surface area contributed by atoms with Crippen LogP contribution in [0.5, 0.6) is 0 Å². The molecule has 0 aliphatic heterocycles. The Balaban J connectivity index is 0.000000995. The third-order valence-electron chi connectivity index (χ3n) is 9.56. The van der Waals surface area contributed by atoms with Crippen molar-refractivity contribution in [3.63, 3.8) is 0 Å². The van der Waals surface area contributed by atoms with Gasteiger partial charge in [0.25, 0.3) is 0 Å². The molecule has 0 bridgehead atoms. The molecule has 3 nitrogen and oxygen atoms in total. The van der Waals surface area contributed by atoms with Crippen molar-refractivity contribution >= 4 is 21.8 Å². The molecule has 52 heavy (non-hydrogen) atoms. The fourth-order valence-corrected chi connectivity index (χ4v) is 7.32. The zero-order valence-corrected chi connectivity index (χ0v) is 31.2. The molecule has 0 N–H and O–H groups in total. The van der Waals surface area contributed by atoms with Crippen LogP contribution in [0.2, 0.25) is 0 Å². The van der Waals surface area contributed by atoms with E-state index in [0.29, 0.717) is 12.3 Å². The lowest BCUT2D eigenvalue weighted by molar-refractivity contribution is 0.639. The number of aromatic nitrogens is 2. The molecule has 0 fully saturated rings. The van der Waals surface area contributed by atoms with Crippen LogP contribution in [0.3, 0.4) is 0 Å². The van der Waals surface area contributed by atoms with Crippen molar-refractivity contribution < 1.29 is 0 Å². The van der Waals surface area contributed by atoms with Crippen LogP contribution < -0.4 is 0 Å². The maximum absolute atomic E-state index is 10.2. The van der Waals surface area contributed by atoms with E-state index in [9.17, 15) is 5.26 Å². The van der Waals surface area contributed by atoms with Crippen LogP contribution in [0, 0.1) is 17.2 Å². The van der Waals surface area contributed by atoms with Gasteiger partial charge in [0.2, 0.25) is 0 Å². The molecule has 0 saturated heterocycles.